The molecule has 120 valence electrons. The van der Waals surface area contributed by atoms with Gasteiger partial charge in [0.1, 0.15) is 6.54 Å². The number of carbonyl (C=O) groups excluding carboxylic acids is 1. The Kier molecular flexibility index (Phi) is 4.28. The Morgan fingerprint density at radius 3 is 2.87 bits per heavy atom. The molecule has 1 N–H and O–H groups in total. The highest BCUT2D eigenvalue weighted by Crippen LogP contribution is 2.18. The summed E-state index contributed by atoms with van der Waals surface area (Å²) < 4.78 is 1.41. The highest BCUT2D eigenvalue weighted by Gasteiger charge is 2.16. The second-order valence-electron chi connectivity index (χ2n) is 6.11. The first-order valence-electron chi connectivity index (χ1n) is 7.99. The predicted molar refractivity (Wildman–Crippen MR) is 89.7 cm³/mol. The maximum atomic E-state index is 12.5. The van der Waals surface area contributed by atoms with E-state index in [1.54, 1.807) is 0 Å². The highest BCUT2D eigenvalue weighted by molar-refractivity contribution is 5.91. The van der Waals surface area contributed by atoms with E-state index in [1.165, 1.54) is 10.9 Å². The zero-order valence-corrected chi connectivity index (χ0v) is 13.6. The fourth-order valence-electron chi connectivity index (χ4n) is 2.97. The minimum absolute atomic E-state index is 0.00745. The molecule has 0 saturated carbocycles. The first-order valence-corrected chi connectivity index (χ1v) is 7.99. The van der Waals surface area contributed by atoms with E-state index in [9.17, 15) is 9.59 Å². The molecule has 0 bridgehead atoms. The summed E-state index contributed by atoms with van der Waals surface area (Å²) >= 11 is 0. The summed E-state index contributed by atoms with van der Waals surface area (Å²) in [6.45, 7) is 3.97. The molecular weight excluding hydrogens is 290 g/mol. The molecule has 0 unspecified atom stereocenters. The summed E-state index contributed by atoms with van der Waals surface area (Å²) in [5, 5.41) is 2.88. The lowest BCUT2D eigenvalue weighted by Gasteiger charge is -2.16. The third-order valence-electron chi connectivity index (χ3n) is 4.50. The number of hydrogen-bond acceptors (Lipinski definition) is 3. The van der Waals surface area contributed by atoms with Gasteiger partial charge in [0, 0.05) is 11.3 Å². The molecule has 0 saturated heterocycles. The van der Waals surface area contributed by atoms with Crippen LogP contribution >= 0.6 is 0 Å². The summed E-state index contributed by atoms with van der Waals surface area (Å²) in [6, 6.07) is 5.78. The van der Waals surface area contributed by atoms with Crippen LogP contribution in [0.4, 0.5) is 5.69 Å². The van der Waals surface area contributed by atoms with Crippen molar-refractivity contribution in [2.45, 2.75) is 46.1 Å². The van der Waals surface area contributed by atoms with Crippen LogP contribution in [-0.2, 0) is 24.2 Å². The Morgan fingerprint density at radius 1 is 1.26 bits per heavy atom. The summed E-state index contributed by atoms with van der Waals surface area (Å²) in [6.07, 6.45) is 5.22. The summed E-state index contributed by atoms with van der Waals surface area (Å²) in [5.74, 6) is -0.210. The van der Waals surface area contributed by atoms with Crippen molar-refractivity contribution >= 4 is 11.6 Å². The van der Waals surface area contributed by atoms with E-state index in [2.05, 4.69) is 10.3 Å². The van der Waals surface area contributed by atoms with Gasteiger partial charge in [-0.05, 0) is 56.7 Å². The van der Waals surface area contributed by atoms with Crippen LogP contribution < -0.4 is 10.9 Å². The van der Waals surface area contributed by atoms with Crippen molar-refractivity contribution in [3.8, 4) is 0 Å². The second-order valence-corrected chi connectivity index (χ2v) is 6.11. The number of carbonyl (C=O) groups is 1. The Labute approximate surface area is 135 Å². The van der Waals surface area contributed by atoms with Gasteiger partial charge in [0.25, 0.3) is 5.56 Å². The van der Waals surface area contributed by atoms with Crippen LogP contribution in [0.3, 0.4) is 0 Å². The first kappa shape index (κ1) is 15.5. The van der Waals surface area contributed by atoms with E-state index >= 15 is 0 Å². The summed E-state index contributed by atoms with van der Waals surface area (Å²) in [7, 11) is 0. The number of aryl methyl sites for hydroxylation is 2. The molecule has 2 aromatic rings. The molecule has 0 atom stereocenters. The van der Waals surface area contributed by atoms with Crippen LogP contribution in [0.1, 0.15) is 35.2 Å². The van der Waals surface area contributed by atoms with Gasteiger partial charge in [0.2, 0.25) is 5.91 Å². The minimum Gasteiger partial charge on any atom is -0.324 e. The largest absolute Gasteiger partial charge is 0.324 e. The minimum atomic E-state index is -0.210. The van der Waals surface area contributed by atoms with E-state index in [0.29, 0.717) is 0 Å². The topological polar surface area (TPSA) is 64.0 Å². The van der Waals surface area contributed by atoms with Crippen molar-refractivity contribution in [1.29, 1.82) is 0 Å². The van der Waals surface area contributed by atoms with Crippen LogP contribution in [0, 0.1) is 13.8 Å². The molecule has 3 rings (SSSR count). The normalized spacial score (nSPS) is 13.5. The number of aromatic nitrogens is 2. The van der Waals surface area contributed by atoms with Gasteiger partial charge in [-0.3, -0.25) is 14.2 Å². The van der Waals surface area contributed by atoms with Gasteiger partial charge in [-0.1, -0.05) is 12.1 Å². The molecule has 0 radical (unpaired) electrons. The van der Waals surface area contributed by atoms with Gasteiger partial charge in [-0.15, -0.1) is 0 Å². The molecule has 1 heterocycles. The van der Waals surface area contributed by atoms with Gasteiger partial charge in [-0.25, -0.2) is 4.98 Å². The zero-order valence-electron chi connectivity index (χ0n) is 13.6. The number of amides is 1. The van der Waals surface area contributed by atoms with Crippen molar-refractivity contribution in [3.05, 3.63) is 57.3 Å². The predicted octanol–water partition coefficient (Wildman–Crippen LogP) is 2.38. The number of nitrogens with one attached hydrogen (secondary N) is 1. The number of rotatable bonds is 3. The number of benzene rings is 1. The monoisotopic (exact) mass is 311 g/mol. The van der Waals surface area contributed by atoms with E-state index in [0.717, 1.165) is 53.8 Å². The van der Waals surface area contributed by atoms with Crippen molar-refractivity contribution in [1.82, 2.24) is 9.55 Å². The quantitative estimate of drug-likeness (QED) is 0.946. The number of hydrogen-bond donors (Lipinski definition) is 1. The average Bonchev–Trinajstić information content (AvgIpc) is 2.55. The van der Waals surface area contributed by atoms with Crippen molar-refractivity contribution in [3.63, 3.8) is 0 Å². The van der Waals surface area contributed by atoms with Gasteiger partial charge in [-0.2, -0.15) is 0 Å². The van der Waals surface area contributed by atoms with Crippen LogP contribution in [0.5, 0.6) is 0 Å². The lowest BCUT2D eigenvalue weighted by molar-refractivity contribution is -0.116. The Balaban J connectivity index is 1.78. The lowest BCUT2D eigenvalue weighted by atomic mass is 9.97. The third kappa shape index (κ3) is 3.18. The lowest BCUT2D eigenvalue weighted by Crippen LogP contribution is -2.32. The third-order valence-corrected chi connectivity index (χ3v) is 4.50. The molecule has 1 amide bonds. The highest BCUT2D eigenvalue weighted by atomic mass is 16.2. The molecule has 1 aromatic carbocycles. The fourth-order valence-corrected chi connectivity index (χ4v) is 2.97. The van der Waals surface area contributed by atoms with Crippen LogP contribution in [-0.4, -0.2) is 15.5 Å². The standard InChI is InChI=1S/C18H21N3O2/c1-12-6-5-9-15(13(12)2)20-17(22)10-21-11-19-16-8-4-3-7-14(16)18(21)23/h5-6,9,11H,3-4,7-8,10H2,1-2H3,(H,20,22). The molecule has 5 heteroatoms. The Hall–Kier alpha value is -2.43. The summed E-state index contributed by atoms with van der Waals surface area (Å²) in [4.78, 5) is 29.1. The summed E-state index contributed by atoms with van der Waals surface area (Å²) in [5.41, 5.74) is 4.54. The fraction of sp³-hybridized carbons (Fsp3) is 0.389. The molecule has 1 aliphatic rings. The van der Waals surface area contributed by atoms with Gasteiger partial charge >= 0.3 is 0 Å². The molecule has 0 aliphatic heterocycles. The SMILES string of the molecule is Cc1cccc(NC(=O)Cn2cnc3c(c2=O)CCCC3)c1C. The van der Waals surface area contributed by atoms with Crippen LogP contribution in [0.25, 0.3) is 0 Å². The molecule has 1 aliphatic carbocycles. The van der Waals surface area contributed by atoms with Crippen molar-refractivity contribution in [2.75, 3.05) is 5.32 Å². The van der Waals surface area contributed by atoms with Gasteiger partial charge in [0.15, 0.2) is 0 Å². The maximum Gasteiger partial charge on any atom is 0.257 e. The van der Waals surface area contributed by atoms with Crippen molar-refractivity contribution < 1.29 is 4.79 Å². The van der Waals surface area contributed by atoms with E-state index < -0.39 is 0 Å². The molecule has 5 nitrogen and oxygen atoms in total. The van der Waals surface area contributed by atoms with E-state index in [1.807, 2.05) is 32.0 Å². The Morgan fingerprint density at radius 2 is 2.04 bits per heavy atom. The maximum absolute atomic E-state index is 12.5. The van der Waals surface area contributed by atoms with Gasteiger partial charge in [0.05, 0.1) is 12.0 Å². The first-order chi connectivity index (χ1) is 11.1. The molecule has 23 heavy (non-hydrogen) atoms. The van der Waals surface area contributed by atoms with Crippen LogP contribution in [0.2, 0.25) is 0 Å². The Bertz CT molecular complexity index is 808. The smallest absolute Gasteiger partial charge is 0.257 e. The average molecular weight is 311 g/mol. The zero-order chi connectivity index (χ0) is 16.4. The van der Waals surface area contributed by atoms with E-state index in [-0.39, 0.29) is 18.0 Å². The number of anilines is 1. The van der Waals surface area contributed by atoms with Crippen LogP contribution in [0.15, 0.2) is 29.3 Å². The second kappa shape index (κ2) is 6.36. The number of nitrogens with zero attached hydrogens (tertiary/aromatic N) is 2. The van der Waals surface area contributed by atoms with E-state index in [4.69, 9.17) is 0 Å². The molecular formula is C18H21N3O2. The molecule has 1 aromatic heterocycles. The van der Waals surface area contributed by atoms with Crippen molar-refractivity contribution in [2.24, 2.45) is 0 Å². The number of fused-ring (bicyclic) bond motifs is 1. The molecule has 0 spiro atoms. The van der Waals surface area contributed by atoms with Gasteiger partial charge < -0.3 is 5.32 Å². The molecule has 0 fully saturated rings.